The first-order valence-electron chi connectivity index (χ1n) is 11.4. The average molecular weight is 550 g/mol. The maximum absolute atomic E-state index is 3.54. The van der Waals surface area contributed by atoms with E-state index in [1.54, 1.807) is 5.57 Å². The van der Waals surface area contributed by atoms with Gasteiger partial charge in [-0.15, -0.1) is 0 Å². The van der Waals surface area contributed by atoms with Crippen LogP contribution in [-0.2, 0) is 5.41 Å². The third-order valence-corrected chi connectivity index (χ3v) is 7.65. The van der Waals surface area contributed by atoms with Crippen molar-refractivity contribution in [3.63, 3.8) is 0 Å². The van der Waals surface area contributed by atoms with Crippen molar-refractivity contribution < 1.29 is 0 Å². The second kappa shape index (κ2) is 9.93. The van der Waals surface area contributed by atoms with Gasteiger partial charge in [-0.1, -0.05) is 119 Å². The zero-order chi connectivity index (χ0) is 22.7. The van der Waals surface area contributed by atoms with Gasteiger partial charge < -0.3 is 0 Å². The summed E-state index contributed by atoms with van der Waals surface area (Å²) in [7, 11) is 0. The van der Waals surface area contributed by atoms with E-state index in [0.29, 0.717) is 5.92 Å². The fourth-order valence-corrected chi connectivity index (χ4v) is 5.45. The SMILES string of the molecule is CC(C)CC(C)(C1=CC=C(c2ccc(Br)cc2)CC1)c1ccc(-c2ccc(Br)cc2)cc1. The monoisotopic (exact) mass is 548 g/mol. The molecule has 0 saturated carbocycles. The summed E-state index contributed by atoms with van der Waals surface area (Å²) in [6.07, 6.45) is 8.10. The summed E-state index contributed by atoms with van der Waals surface area (Å²) in [5, 5.41) is 0. The summed E-state index contributed by atoms with van der Waals surface area (Å²) >= 11 is 7.08. The Bertz CT molecular complexity index is 1120. The van der Waals surface area contributed by atoms with Crippen LogP contribution in [0.4, 0.5) is 0 Å². The van der Waals surface area contributed by atoms with E-state index in [1.165, 1.54) is 27.8 Å². The number of hydrogen-bond acceptors (Lipinski definition) is 0. The van der Waals surface area contributed by atoms with Crippen molar-refractivity contribution in [2.24, 2.45) is 5.92 Å². The molecule has 0 radical (unpaired) electrons. The molecule has 0 fully saturated rings. The molecule has 0 aromatic heterocycles. The van der Waals surface area contributed by atoms with E-state index >= 15 is 0 Å². The predicted molar refractivity (Wildman–Crippen MR) is 146 cm³/mol. The fraction of sp³-hybridized carbons (Fsp3) is 0.267. The molecular weight excluding hydrogens is 520 g/mol. The lowest BCUT2D eigenvalue weighted by molar-refractivity contribution is 0.410. The van der Waals surface area contributed by atoms with Gasteiger partial charge >= 0.3 is 0 Å². The van der Waals surface area contributed by atoms with Gasteiger partial charge in [-0.05, 0) is 77.3 Å². The van der Waals surface area contributed by atoms with Gasteiger partial charge in [0.1, 0.15) is 0 Å². The third-order valence-electron chi connectivity index (χ3n) is 6.59. The minimum atomic E-state index is 0.0498. The van der Waals surface area contributed by atoms with Gasteiger partial charge in [0.15, 0.2) is 0 Å². The van der Waals surface area contributed by atoms with Crippen LogP contribution in [0, 0.1) is 5.92 Å². The fourth-order valence-electron chi connectivity index (χ4n) is 4.93. The number of allylic oxidation sites excluding steroid dienone is 4. The van der Waals surface area contributed by atoms with E-state index in [2.05, 4.69) is 138 Å². The molecule has 1 aliphatic carbocycles. The Balaban J connectivity index is 1.65. The molecule has 0 amide bonds. The maximum atomic E-state index is 3.54. The van der Waals surface area contributed by atoms with Crippen LogP contribution in [0.5, 0.6) is 0 Å². The molecule has 1 unspecified atom stereocenters. The van der Waals surface area contributed by atoms with E-state index in [9.17, 15) is 0 Å². The zero-order valence-corrected chi connectivity index (χ0v) is 22.2. The Morgan fingerprint density at radius 3 is 1.66 bits per heavy atom. The topological polar surface area (TPSA) is 0 Å². The minimum absolute atomic E-state index is 0.0498. The molecule has 164 valence electrons. The Morgan fingerprint density at radius 1 is 0.688 bits per heavy atom. The smallest absolute Gasteiger partial charge is 0.0175 e. The van der Waals surface area contributed by atoms with Crippen molar-refractivity contribution in [1.82, 2.24) is 0 Å². The Hall–Kier alpha value is -1.90. The second-order valence-corrected chi connectivity index (χ2v) is 11.2. The van der Waals surface area contributed by atoms with Gasteiger partial charge in [0.2, 0.25) is 0 Å². The van der Waals surface area contributed by atoms with Crippen LogP contribution in [0.2, 0.25) is 0 Å². The van der Waals surface area contributed by atoms with Gasteiger partial charge in [-0.2, -0.15) is 0 Å². The molecule has 4 rings (SSSR count). The number of hydrogen-bond donors (Lipinski definition) is 0. The quantitative estimate of drug-likeness (QED) is 0.287. The highest BCUT2D eigenvalue weighted by Crippen LogP contribution is 2.43. The Morgan fingerprint density at radius 2 is 1.19 bits per heavy atom. The first-order chi connectivity index (χ1) is 15.3. The minimum Gasteiger partial charge on any atom is -0.0627 e. The first-order valence-corrected chi connectivity index (χ1v) is 13.0. The number of rotatable bonds is 6. The molecule has 0 bridgehead atoms. The van der Waals surface area contributed by atoms with Crippen LogP contribution in [-0.4, -0.2) is 0 Å². The van der Waals surface area contributed by atoms with Gasteiger partial charge in [-0.3, -0.25) is 0 Å². The van der Waals surface area contributed by atoms with E-state index in [0.717, 1.165) is 28.2 Å². The molecule has 0 nitrogen and oxygen atoms in total. The van der Waals surface area contributed by atoms with E-state index in [1.807, 2.05) is 0 Å². The summed E-state index contributed by atoms with van der Waals surface area (Å²) in [5.41, 5.74) is 8.29. The molecule has 0 N–H and O–H groups in total. The van der Waals surface area contributed by atoms with Crippen molar-refractivity contribution in [3.05, 3.63) is 111 Å². The van der Waals surface area contributed by atoms with Gasteiger partial charge in [0.05, 0.1) is 0 Å². The lowest BCUT2D eigenvalue weighted by Gasteiger charge is -2.36. The van der Waals surface area contributed by atoms with Crippen LogP contribution in [0.3, 0.4) is 0 Å². The standard InChI is InChI=1S/C30H30Br2/c1-21(2)20-30(3,26-12-4-22(5-13-26)24-8-16-28(31)17-9-24)27-14-6-23(7-15-27)25-10-18-29(32)19-11-25/h4-6,8-14,16-19,21H,7,15,20H2,1-3H3. The molecule has 3 aromatic carbocycles. The summed E-state index contributed by atoms with van der Waals surface area (Å²) in [6, 6.07) is 26.5. The molecule has 32 heavy (non-hydrogen) atoms. The molecule has 0 aliphatic heterocycles. The van der Waals surface area contributed by atoms with Crippen molar-refractivity contribution in [2.45, 2.75) is 45.4 Å². The normalized spacial score (nSPS) is 15.8. The summed E-state index contributed by atoms with van der Waals surface area (Å²) in [6.45, 7) is 7.10. The second-order valence-electron chi connectivity index (χ2n) is 9.41. The van der Waals surface area contributed by atoms with Gasteiger partial charge in [0, 0.05) is 14.4 Å². The lowest BCUT2D eigenvalue weighted by atomic mass is 9.68. The van der Waals surface area contributed by atoms with Crippen molar-refractivity contribution in [3.8, 4) is 11.1 Å². The van der Waals surface area contributed by atoms with Crippen molar-refractivity contribution in [2.75, 3.05) is 0 Å². The molecule has 1 aliphatic rings. The molecule has 0 spiro atoms. The maximum Gasteiger partial charge on any atom is 0.0175 e. The van der Waals surface area contributed by atoms with Crippen LogP contribution in [0.1, 0.15) is 51.2 Å². The summed E-state index contributed by atoms with van der Waals surface area (Å²) in [5.74, 6) is 0.629. The molecule has 0 heterocycles. The van der Waals surface area contributed by atoms with Crippen molar-refractivity contribution in [1.29, 1.82) is 0 Å². The van der Waals surface area contributed by atoms with E-state index in [4.69, 9.17) is 0 Å². The average Bonchev–Trinajstić information content (AvgIpc) is 2.80. The van der Waals surface area contributed by atoms with Crippen LogP contribution >= 0.6 is 31.9 Å². The predicted octanol–water partition coefficient (Wildman–Crippen LogP) is 9.99. The largest absolute Gasteiger partial charge is 0.0627 e. The van der Waals surface area contributed by atoms with Gasteiger partial charge in [0.25, 0.3) is 0 Å². The third kappa shape index (κ3) is 5.18. The highest BCUT2D eigenvalue weighted by atomic mass is 79.9. The van der Waals surface area contributed by atoms with Gasteiger partial charge in [-0.25, -0.2) is 0 Å². The highest BCUT2D eigenvalue weighted by Gasteiger charge is 2.32. The molecule has 3 aromatic rings. The molecule has 2 heteroatoms. The highest BCUT2D eigenvalue weighted by molar-refractivity contribution is 9.10. The van der Waals surface area contributed by atoms with Crippen molar-refractivity contribution >= 4 is 37.4 Å². The first kappa shape index (κ1) is 23.3. The summed E-state index contributed by atoms with van der Waals surface area (Å²) < 4.78 is 2.24. The lowest BCUT2D eigenvalue weighted by Crippen LogP contribution is -2.27. The van der Waals surface area contributed by atoms with E-state index in [-0.39, 0.29) is 5.41 Å². The molecule has 0 saturated heterocycles. The van der Waals surface area contributed by atoms with Crippen LogP contribution < -0.4 is 0 Å². The van der Waals surface area contributed by atoms with Crippen LogP contribution in [0.25, 0.3) is 16.7 Å². The number of halogens is 2. The van der Waals surface area contributed by atoms with E-state index < -0.39 is 0 Å². The Labute approximate surface area is 209 Å². The molecular formula is C30H30Br2. The summed E-state index contributed by atoms with van der Waals surface area (Å²) in [4.78, 5) is 0. The zero-order valence-electron chi connectivity index (χ0n) is 19.0. The number of benzene rings is 3. The molecule has 1 atom stereocenters. The Kier molecular flexibility index (Phi) is 7.22. The van der Waals surface area contributed by atoms with Crippen LogP contribution in [0.15, 0.2) is 99.5 Å².